The molecule has 1 aromatic carbocycles. The van der Waals surface area contributed by atoms with Crippen LogP contribution in [0.4, 0.5) is 0 Å². The molecule has 9 nitrogen and oxygen atoms in total. The summed E-state index contributed by atoms with van der Waals surface area (Å²) in [5.74, 6) is -3.31. The van der Waals surface area contributed by atoms with Crippen molar-refractivity contribution in [3.8, 4) is 0 Å². The molecule has 0 bridgehead atoms. The lowest BCUT2D eigenvalue weighted by Crippen LogP contribution is -2.24. The van der Waals surface area contributed by atoms with Crippen LogP contribution in [0.5, 0.6) is 0 Å². The van der Waals surface area contributed by atoms with Crippen molar-refractivity contribution < 1.29 is 33.8 Å². The van der Waals surface area contributed by atoms with Gasteiger partial charge in [-0.2, -0.15) is 0 Å². The molecule has 2 amide bonds. The summed E-state index contributed by atoms with van der Waals surface area (Å²) in [5, 5.41) is 10.7. The Morgan fingerprint density at radius 2 is 1.50 bits per heavy atom. The number of benzene rings is 1. The van der Waals surface area contributed by atoms with Gasteiger partial charge in [-0.25, -0.2) is 14.4 Å². The highest BCUT2D eigenvalue weighted by Crippen LogP contribution is 2.20. The van der Waals surface area contributed by atoms with Crippen LogP contribution in [0.2, 0.25) is 0 Å². The van der Waals surface area contributed by atoms with Crippen molar-refractivity contribution in [2.75, 3.05) is 0 Å². The van der Waals surface area contributed by atoms with Gasteiger partial charge >= 0.3 is 17.9 Å². The van der Waals surface area contributed by atoms with Gasteiger partial charge in [0.25, 0.3) is 0 Å². The first-order valence-corrected chi connectivity index (χ1v) is 5.64. The van der Waals surface area contributed by atoms with E-state index in [9.17, 15) is 24.0 Å². The molecule has 1 heterocycles. The minimum Gasteiger partial charge on any atom is -0.478 e. The summed E-state index contributed by atoms with van der Waals surface area (Å²) in [6.45, 7) is 2.59. The van der Waals surface area contributed by atoms with E-state index in [0.29, 0.717) is 0 Å². The van der Waals surface area contributed by atoms with Gasteiger partial charge in [-0.1, -0.05) is 0 Å². The van der Waals surface area contributed by atoms with Crippen molar-refractivity contribution in [3.63, 3.8) is 0 Å². The minimum absolute atomic E-state index is 0. The lowest BCUT2D eigenvalue weighted by molar-refractivity contribution is -0.127. The molecule has 0 fully saturated rings. The highest BCUT2D eigenvalue weighted by Gasteiger charge is 2.30. The number of ether oxygens (including phenoxy) is 1. The summed E-state index contributed by atoms with van der Waals surface area (Å²) in [4.78, 5) is 52.4. The van der Waals surface area contributed by atoms with Crippen LogP contribution in [-0.2, 0) is 14.3 Å². The molecule has 0 radical (unpaired) electrons. The predicted molar refractivity (Wildman–Crippen MR) is 72.7 cm³/mol. The molecule has 0 atom stereocenters. The van der Waals surface area contributed by atoms with E-state index in [-0.39, 0.29) is 34.7 Å². The number of carboxylic acid groups (broad SMARTS) is 1. The maximum atomic E-state index is 11.0. The Morgan fingerprint density at radius 1 is 1.00 bits per heavy atom. The van der Waals surface area contributed by atoms with Crippen LogP contribution in [0.25, 0.3) is 0 Å². The maximum absolute atomic E-state index is 11.0. The Morgan fingerprint density at radius 3 is 1.91 bits per heavy atom. The van der Waals surface area contributed by atoms with Gasteiger partial charge in [0, 0.05) is 13.8 Å². The summed E-state index contributed by atoms with van der Waals surface area (Å²) in [5.41, 5.74) is 0.0744. The summed E-state index contributed by atoms with van der Waals surface area (Å²) in [7, 11) is 0. The predicted octanol–water partition coefficient (Wildman–Crippen LogP) is 0.526. The number of nitrogens with one attached hydrogen (secondary N) is 1. The zero-order valence-electron chi connectivity index (χ0n) is 11.8. The number of carboxylic acids is 1. The number of rotatable bonds is 1. The lowest BCUT2D eigenvalue weighted by Gasteiger charge is -1.94. The average molecular weight is 310 g/mol. The number of esters is 2. The quantitative estimate of drug-likeness (QED) is 0.499. The van der Waals surface area contributed by atoms with E-state index in [0.717, 1.165) is 6.07 Å². The van der Waals surface area contributed by atoms with Crippen molar-refractivity contribution in [3.05, 3.63) is 34.9 Å². The molecule has 1 aliphatic rings. The average Bonchev–Trinajstić information content (AvgIpc) is 2.63. The van der Waals surface area contributed by atoms with Crippen molar-refractivity contribution in [2.45, 2.75) is 13.8 Å². The SMILES string of the molecule is CC(=O)NC(C)=O.N.O=C(O)c1ccc2c(c1)C(=O)OC2=O. The molecule has 5 N–H and O–H groups in total. The monoisotopic (exact) mass is 310 g/mol. The topological polar surface area (TPSA) is 162 Å². The Kier molecular flexibility index (Phi) is 6.58. The standard InChI is InChI=1S/C9H4O5.C4H7NO2.H3N/c10-7(11)4-1-2-5-6(3-4)9(13)14-8(5)12;1-3(6)5-4(2)7;/h1-3H,(H,10,11);1-2H3,(H,5,6,7);1H3. The van der Waals surface area contributed by atoms with E-state index >= 15 is 0 Å². The van der Waals surface area contributed by atoms with Crippen LogP contribution in [0, 0.1) is 0 Å². The van der Waals surface area contributed by atoms with E-state index < -0.39 is 17.9 Å². The number of carbonyl (C=O) groups is 5. The molecule has 22 heavy (non-hydrogen) atoms. The third-order valence-corrected chi connectivity index (χ3v) is 2.24. The molecular weight excluding hydrogens is 296 g/mol. The van der Waals surface area contributed by atoms with Crippen LogP contribution in [0.3, 0.4) is 0 Å². The highest BCUT2D eigenvalue weighted by atomic mass is 16.6. The Bertz CT molecular complexity index is 640. The summed E-state index contributed by atoms with van der Waals surface area (Å²) >= 11 is 0. The number of cyclic esters (lactones) is 2. The minimum atomic E-state index is -1.15. The van der Waals surface area contributed by atoms with Crippen molar-refractivity contribution >= 4 is 29.7 Å². The summed E-state index contributed by atoms with van der Waals surface area (Å²) in [6.07, 6.45) is 0. The zero-order chi connectivity index (χ0) is 16.2. The third kappa shape index (κ3) is 4.80. The van der Waals surface area contributed by atoms with Crippen LogP contribution in [0.15, 0.2) is 18.2 Å². The molecule has 118 valence electrons. The normalized spacial score (nSPS) is 11.2. The van der Waals surface area contributed by atoms with Gasteiger partial charge in [-0.15, -0.1) is 0 Å². The molecule has 0 saturated heterocycles. The Hall–Kier alpha value is -3.07. The van der Waals surface area contributed by atoms with Crippen molar-refractivity contribution in [1.29, 1.82) is 0 Å². The van der Waals surface area contributed by atoms with Crippen LogP contribution >= 0.6 is 0 Å². The molecule has 0 aliphatic carbocycles. The number of carbonyl (C=O) groups excluding carboxylic acids is 4. The first kappa shape index (κ1) is 18.9. The third-order valence-electron chi connectivity index (χ3n) is 2.24. The van der Waals surface area contributed by atoms with Gasteiger partial charge in [0.05, 0.1) is 16.7 Å². The molecular formula is C13H14N2O7. The zero-order valence-corrected chi connectivity index (χ0v) is 11.8. The van der Waals surface area contributed by atoms with Gasteiger partial charge in [0.1, 0.15) is 0 Å². The van der Waals surface area contributed by atoms with Gasteiger partial charge in [0.2, 0.25) is 11.8 Å². The van der Waals surface area contributed by atoms with E-state index in [1.54, 1.807) is 0 Å². The van der Waals surface area contributed by atoms with Crippen LogP contribution in [0.1, 0.15) is 44.9 Å². The number of amides is 2. The number of imide groups is 1. The van der Waals surface area contributed by atoms with Crippen molar-refractivity contribution in [1.82, 2.24) is 11.5 Å². The second-order valence-corrected chi connectivity index (χ2v) is 3.98. The molecule has 0 unspecified atom stereocenters. The maximum Gasteiger partial charge on any atom is 0.346 e. The fraction of sp³-hybridized carbons (Fsp3) is 0.154. The lowest BCUT2D eigenvalue weighted by atomic mass is 10.1. The molecule has 1 aromatic rings. The fourth-order valence-electron chi connectivity index (χ4n) is 1.47. The second-order valence-electron chi connectivity index (χ2n) is 3.98. The smallest absolute Gasteiger partial charge is 0.346 e. The molecule has 0 aromatic heterocycles. The molecule has 9 heteroatoms. The van der Waals surface area contributed by atoms with Crippen LogP contribution in [-0.4, -0.2) is 34.8 Å². The van der Waals surface area contributed by atoms with E-state index in [1.807, 2.05) is 5.32 Å². The molecule has 0 spiro atoms. The van der Waals surface area contributed by atoms with Crippen LogP contribution < -0.4 is 11.5 Å². The number of aromatic carboxylic acids is 1. The fourth-order valence-corrected chi connectivity index (χ4v) is 1.47. The Balaban J connectivity index is 0.000000478. The van der Waals surface area contributed by atoms with E-state index in [2.05, 4.69) is 4.74 Å². The van der Waals surface area contributed by atoms with Gasteiger partial charge in [-0.3, -0.25) is 14.9 Å². The molecule has 0 saturated carbocycles. The summed E-state index contributed by atoms with van der Waals surface area (Å²) in [6, 6.07) is 3.65. The number of hydrogen-bond donors (Lipinski definition) is 3. The second kappa shape index (κ2) is 7.64. The van der Waals surface area contributed by atoms with Gasteiger partial charge < -0.3 is 16.0 Å². The Labute approximate surface area is 124 Å². The first-order valence-electron chi connectivity index (χ1n) is 5.64. The van der Waals surface area contributed by atoms with E-state index in [4.69, 9.17) is 5.11 Å². The van der Waals surface area contributed by atoms with Crippen molar-refractivity contribution in [2.24, 2.45) is 0 Å². The number of hydrogen-bond acceptors (Lipinski definition) is 7. The van der Waals surface area contributed by atoms with Gasteiger partial charge in [0.15, 0.2) is 0 Å². The molecule has 1 aliphatic heterocycles. The van der Waals surface area contributed by atoms with E-state index in [1.165, 1.54) is 26.0 Å². The summed E-state index contributed by atoms with van der Waals surface area (Å²) < 4.78 is 4.30. The largest absolute Gasteiger partial charge is 0.478 e. The highest BCUT2D eigenvalue weighted by molar-refractivity contribution is 6.15. The van der Waals surface area contributed by atoms with Gasteiger partial charge in [-0.05, 0) is 18.2 Å². The molecule has 2 rings (SSSR count). The number of fused-ring (bicyclic) bond motifs is 1. The first-order chi connectivity index (χ1) is 9.72.